The van der Waals surface area contributed by atoms with Crippen LogP contribution >= 0.6 is 11.6 Å². The van der Waals surface area contributed by atoms with Crippen LogP contribution < -0.4 is 4.90 Å². The van der Waals surface area contributed by atoms with E-state index >= 15 is 0 Å². The van der Waals surface area contributed by atoms with Gasteiger partial charge in [-0.05, 0) is 34.6 Å². The maximum absolute atomic E-state index is 6.22. The number of ether oxygens (including phenoxy) is 1. The predicted molar refractivity (Wildman–Crippen MR) is 73.4 cm³/mol. The Labute approximate surface area is 113 Å². The molecule has 0 amide bonds. The third-order valence-electron chi connectivity index (χ3n) is 3.12. The molecule has 0 radical (unpaired) electrons. The molecule has 1 atom stereocenters. The Morgan fingerprint density at radius 2 is 1.89 bits per heavy atom. The van der Waals surface area contributed by atoms with Crippen LogP contribution in [0, 0.1) is 13.8 Å². The van der Waals surface area contributed by atoms with Crippen LogP contribution in [0.4, 0.5) is 5.82 Å². The molecule has 2 rings (SSSR count). The Morgan fingerprint density at radius 3 is 2.50 bits per heavy atom. The van der Waals surface area contributed by atoms with E-state index < -0.39 is 0 Å². The first-order valence-corrected chi connectivity index (χ1v) is 6.60. The Balaban J connectivity index is 2.34. The number of rotatable bonds is 1. The first kappa shape index (κ1) is 13.6. The fourth-order valence-electron chi connectivity index (χ4n) is 2.38. The van der Waals surface area contributed by atoms with Crippen molar-refractivity contribution in [3.05, 3.63) is 16.5 Å². The summed E-state index contributed by atoms with van der Waals surface area (Å²) in [7, 11) is 0. The van der Waals surface area contributed by atoms with Gasteiger partial charge < -0.3 is 9.64 Å². The molecule has 2 heterocycles. The van der Waals surface area contributed by atoms with Crippen molar-refractivity contribution in [2.75, 3.05) is 18.0 Å². The van der Waals surface area contributed by atoms with Gasteiger partial charge in [-0.25, -0.2) is 9.97 Å². The molecule has 100 valence electrons. The number of morpholine rings is 1. The van der Waals surface area contributed by atoms with Crippen molar-refractivity contribution in [2.24, 2.45) is 0 Å². The van der Waals surface area contributed by atoms with Gasteiger partial charge in [0.15, 0.2) is 11.0 Å². The molecule has 0 saturated carbocycles. The van der Waals surface area contributed by atoms with Gasteiger partial charge in [0.2, 0.25) is 0 Å². The fourth-order valence-corrected chi connectivity index (χ4v) is 2.67. The van der Waals surface area contributed by atoms with Gasteiger partial charge >= 0.3 is 0 Å². The van der Waals surface area contributed by atoms with Gasteiger partial charge in [-0.15, -0.1) is 0 Å². The number of aryl methyl sites for hydroxylation is 2. The molecule has 1 saturated heterocycles. The van der Waals surface area contributed by atoms with Crippen molar-refractivity contribution in [1.29, 1.82) is 0 Å². The van der Waals surface area contributed by atoms with Gasteiger partial charge in [0.1, 0.15) is 0 Å². The van der Waals surface area contributed by atoms with Crippen molar-refractivity contribution in [3.8, 4) is 0 Å². The van der Waals surface area contributed by atoms with Crippen LogP contribution in [0.5, 0.6) is 0 Å². The molecule has 1 aromatic heterocycles. The Morgan fingerprint density at radius 1 is 1.28 bits per heavy atom. The van der Waals surface area contributed by atoms with E-state index in [-0.39, 0.29) is 11.7 Å². The molecule has 0 bridgehead atoms. The summed E-state index contributed by atoms with van der Waals surface area (Å²) in [5, 5.41) is 0.475. The number of nitrogens with zero attached hydrogens (tertiary/aromatic N) is 3. The summed E-state index contributed by atoms with van der Waals surface area (Å²) >= 11 is 6.22. The third-order valence-corrected chi connectivity index (χ3v) is 3.37. The summed E-state index contributed by atoms with van der Waals surface area (Å²) in [5.41, 5.74) is 1.61. The zero-order chi connectivity index (χ0) is 13.5. The van der Waals surface area contributed by atoms with Crippen LogP contribution in [-0.2, 0) is 4.74 Å². The van der Waals surface area contributed by atoms with Gasteiger partial charge in [0.25, 0.3) is 0 Å². The second-order valence-corrected chi connectivity index (χ2v) is 5.94. The Kier molecular flexibility index (Phi) is 3.52. The van der Waals surface area contributed by atoms with E-state index in [1.807, 2.05) is 13.8 Å². The lowest BCUT2D eigenvalue weighted by Gasteiger charge is -2.42. The summed E-state index contributed by atoms with van der Waals surface area (Å²) in [6.45, 7) is 11.7. The molecule has 0 N–H and O–H groups in total. The minimum atomic E-state index is -0.193. The van der Waals surface area contributed by atoms with E-state index in [0.717, 1.165) is 30.3 Å². The summed E-state index contributed by atoms with van der Waals surface area (Å²) in [6, 6.07) is 0. The van der Waals surface area contributed by atoms with Crippen molar-refractivity contribution in [3.63, 3.8) is 0 Å². The van der Waals surface area contributed by atoms with Gasteiger partial charge in [0.05, 0.1) is 23.1 Å². The normalized spacial score (nSPS) is 23.2. The predicted octanol–water partition coefficient (Wildman–Crippen LogP) is 2.75. The van der Waals surface area contributed by atoms with Gasteiger partial charge in [-0.1, -0.05) is 11.6 Å². The number of hydrogen-bond acceptors (Lipinski definition) is 4. The number of hydrogen-bond donors (Lipinski definition) is 0. The molecule has 1 aromatic rings. The average Bonchev–Trinajstić information content (AvgIpc) is 2.20. The molecule has 1 unspecified atom stereocenters. The summed E-state index contributed by atoms with van der Waals surface area (Å²) < 4.78 is 5.89. The highest BCUT2D eigenvalue weighted by Crippen LogP contribution is 2.29. The standard InChI is InChI=1S/C13H20ClN3O/c1-8-6-17(7-13(4,5)18-8)12-11(14)15-9(2)10(3)16-12/h8H,6-7H2,1-5H3. The second kappa shape index (κ2) is 4.67. The monoisotopic (exact) mass is 269 g/mol. The van der Waals surface area contributed by atoms with Crippen LogP contribution in [-0.4, -0.2) is 34.8 Å². The largest absolute Gasteiger partial charge is 0.369 e. The number of halogens is 1. The Hall–Kier alpha value is -0.870. The molecular formula is C13H20ClN3O. The maximum Gasteiger partial charge on any atom is 0.171 e. The van der Waals surface area contributed by atoms with E-state index in [0.29, 0.717) is 5.15 Å². The Bertz CT molecular complexity index is 462. The lowest BCUT2D eigenvalue weighted by Crippen LogP contribution is -2.52. The molecule has 5 heteroatoms. The van der Waals surface area contributed by atoms with E-state index in [2.05, 4.69) is 35.6 Å². The second-order valence-electron chi connectivity index (χ2n) is 5.58. The van der Waals surface area contributed by atoms with Gasteiger partial charge in [-0.3, -0.25) is 0 Å². The van der Waals surface area contributed by atoms with Crippen LogP contribution in [0.15, 0.2) is 0 Å². The highest BCUT2D eigenvalue weighted by atomic mass is 35.5. The molecule has 1 aliphatic heterocycles. The van der Waals surface area contributed by atoms with E-state index in [1.165, 1.54) is 0 Å². The highest BCUT2D eigenvalue weighted by Gasteiger charge is 2.33. The first-order valence-electron chi connectivity index (χ1n) is 6.22. The number of anilines is 1. The molecule has 4 nitrogen and oxygen atoms in total. The van der Waals surface area contributed by atoms with E-state index in [1.54, 1.807) is 0 Å². The topological polar surface area (TPSA) is 38.2 Å². The van der Waals surface area contributed by atoms with E-state index in [9.17, 15) is 0 Å². The quantitative estimate of drug-likeness (QED) is 0.786. The SMILES string of the molecule is Cc1nc(Cl)c(N2CC(C)OC(C)(C)C2)nc1C. The molecule has 0 aromatic carbocycles. The van der Waals surface area contributed by atoms with Crippen molar-refractivity contribution in [1.82, 2.24) is 9.97 Å². The summed E-state index contributed by atoms with van der Waals surface area (Å²) in [5.74, 6) is 0.767. The third kappa shape index (κ3) is 2.75. The number of aromatic nitrogens is 2. The van der Waals surface area contributed by atoms with E-state index in [4.69, 9.17) is 16.3 Å². The molecule has 1 fully saturated rings. The lowest BCUT2D eigenvalue weighted by molar-refractivity contribution is -0.0751. The molecular weight excluding hydrogens is 250 g/mol. The first-order chi connectivity index (χ1) is 8.28. The molecule has 1 aliphatic rings. The molecule has 0 aliphatic carbocycles. The molecule has 0 spiro atoms. The smallest absolute Gasteiger partial charge is 0.171 e. The van der Waals surface area contributed by atoms with Crippen LogP contribution in [0.25, 0.3) is 0 Å². The van der Waals surface area contributed by atoms with Crippen molar-refractivity contribution < 1.29 is 4.74 Å². The van der Waals surface area contributed by atoms with Crippen molar-refractivity contribution in [2.45, 2.75) is 46.3 Å². The zero-order valence-corrected chi connectivity index (χ0v) is 12.4. The zero-order valence-electron chi connectivity index (χ0n) is 11.6. The van der Waals surface area contributed by atoms with Gasteiger partial charge in [0, 0.05) is 13.1 Å². The van der Waals surface area contributed by atoms with Gasteiger partial charge in [-0.2, -0.15) is 0 Å². The minimum absolute atomic E-state index is 0.160. The highest BCUT2D eigenvalue weighted by molar-refractivity contribution is 6.31. The maximum atomic E-state index is 6.22. The summed E-state index contributed by atoms with van der Waals surface area (Å²) in [6.07, 6.45) is 0.160. The summed E-state index contributed by atoms with van der Waals surface area (Å²) in [4.78, 5) is 11.1. The van der Waals surface area contributed by atoms with Crippen LogP contribution in [0.1, 0.15) is 32.2 Å². The van der Waals surface area contributed by atoms with Crippen LogP contribution in [0.2, 0.25) is 5.15 Å². The van der Waals surface area contributed by atoms with Crippen LogP contribution in [0.3, 0.4) is 0 Å². The minimum Gasteiger partial charge on any atom is -0.369 e. The lowest BCUT2D eigenvalue weighted by atomic mass is 10.1. The molecule has 18 heavy (non-hydrogen) atoms. The van der Waals surface area contributed by atoms with Crippen molar-refractivity contribution >= 4 is 17.4 Å². The average molecular weight is 270 g/mol. The fraction of sp³-hybridized carbons (Fsp3) is 0.692.